The Morgan fingerprint density at radius 3 is 2.24 bits per heavy atom. The van der Waals surface area contributed by atoms with Crippen LogP contribution in [0.15, 0.2) is 24.3 Å². The highest BCUT2D eigenvalue weighted by Crippen LogP contribution is 2.38. The van der Waals surface area contributed by atoms with Crippen LogP contribution in [0.25, 0.3) is 0 Å². The largest absolute Gasteiger partial charge is 0.544 e. The van der Waals surface area contributed by atoms with E-state index in [-0.39, 0.29) is 0 Å². The van der Waals surface area contributed by atoms with Crippen LogP contribution in [0, 0.1) is 0 Å². The van der Waals surface area contributed by atoms with Crippen molar-refractivity contribution < 1.29 is 9.16 Å². The van der Waals surface area contributed by atoms with E-state index in [2.05, 4.69) is 32.2 Å². The fraction of sp³-hybridized carbons (Fsp3) is 0.667. The summed E-state index contributed by atoms with van der Waals surface area (Å²) in [6, 6.07) is 8.21. The third-order valence-corrected chi connectivity index (χ3v) is 7.87. The Hall–Kier alpha value is -0.963. The second-order valence-corrected chi connectivity index (χ2v) is 10.9. The summed E-state index contributed by atoms with van der Waals surface area (Å²) in [7, 11) is -1.63. The molecule has 1 saturated carbocycles. The van der Waals surface area contributed by atoms with Gasteiger partial charge in [-0.2, -0.15) is 0 Å². The van der Waals surface area contributed by atoms with Crippen LogP contribution >= 0.6 is 0 Å². The molecule has 1 aromatic carbocycles. The summed E-state index contributed by atoms with van der Waals surface area (Å²) in [5, 5.41) is 0. The highest BCUT2D eigenvalue weighted by Gasteiger charge is 2.36. The van der Waals surface area contributed by atoms with E-state index in [0.29, 0.717) is 0 Å². The average Bonchev–Trinajstić information content (AvgIpc) is 2.50. The lowest BCUT2D eigenvalue weighted by molar-refractivity contribution is 0.309. The maximum Gasteiger partial charge on any atom is 0.248 e. The first kappa shape index (κ1) is 16.4. The normalized spacial score (nSPS) is 16.7. The molecule has 0 unspecified atom stereocenters. The summed E-state index contributed by atoms with van der Waals surface area (Å²) >= 11 is 0. The van der Waals surface area contributed by atoms with Crippen molar-refractivity contribution >= 4 is 8.32 Å². The van der Waals surface area contributed by atoms with Crippen LogP contribution in [0.4, 0.5) is 0 Å². The molecule has 0 N–H and O–H groups in total. The number of rotatable bonds is 7. The van der Waals surface area contributed by atoms with Gasteiger partial charge in [-0.1, -0.05) is 32.6 Å². The minimum atomic E-state index is -1.63. The SMILES string of the molecule is CCCCOc1ccc(O[Si](C)(C)C2CCCCC2)cc1. The van der Waals surface area contributed by atoms with Gasteiger partial charge in [0.2, 0.25) is 8.32 Å². The summed E-state index contributed by atoms with van der Waals surface area (Å²) in [5.41, 5.74) is 0.812. The summed E-state index contributed by atoms with van der Waals surface area (Å²) in [4.78, 5) is 0. The van der Waals surface area contributed by atoms with Gasteiger partial charge in [0.05, 0.1) is 6.61 Å². The Bertz CT molecular complexity index is 408. The van der Waals surface area contributed by atoms with Gasteiger partial charge in [-0.05, 0) is 62.2 Å². The highest BCUT2D eigenvalue weighted by atomic mass is 28.4. The van der Waals surface area contributed by atoms with Gasteiger partial charge >= 0.3 is 0 Å². The smallest absolute Gasteiger partial charge is 0.248 e. The predicted molar refractivity (Wildman–Crippen MR) is 91.8 cm³/mol. The van der Waals surface area contributed by atoms with Crippen molar-refractivity contribution in [3.8, 4) is 11.5 Å². The van der Waals surface area contributed by atoms with Gasteiger partial charge in [0.15, 0.2) is 0 Å². The number of unbranched alkanes of at least 4 members (excludes halogenated alkanes) is 1. The Morgan fingerprint density at radius 1 is 1.00 bits per heavy atom. The van der Waals surface area contributed by atoms with Crippen LogP contribution in [0.5, 0.6) is 11.5 Å². The lowest BCUT2D eigenvalue weighted by atomic mass is 10.0. The zero-order valence-corrected chi connectivity index (χ0v) is 14.9. The molecule has 0 spiro atoms. The second-order valence-electron chi connectivity index (χ2n) is 6.71. The van der Waals surface area contributed by atoms with E-state index in [0.717, 1.165) is 30.1 Å². The van der Waals surface area contributed by atoms with Crippen LogP contribution in [-0.4, -0.2) is 14.9 Å². The molecule has 0 saturated heterocycles. The molecule has 0 amide bonds. The summed E-state index contributed by atoms with van der Waals surface area (Å²) in [6.45, 7) is 7.72. The number of ether oxygens (including phenoxy) is 1. The number of hydrogen-bond donors (Lipinski definition) is 0. The van der Waals surface area contributed by atoms with E-state index in [1.54, 1.807) is 0 Å². The van der Waals surface area contributed by atoms with Gasteiger partial charge in [0, 0.05) is 0 Å². The molecular weight excluding hydrogens is 276 g/mol. The molecule has 0 atom stereocenters. The van der Waals surface area contributed by atoms with E-state index < -0.39 is 8.32 Å². The first-order valence-corrected chi connectivity index (χ1v) is 11.5. The standard InChI is InChI=1S/C18H30O2Si/c1-4-5-15-19-16-11-13-17(14-12-16)20-21(2,3)18-9-7-6-8-10-18/h11-14,18H,4-10,15H2,1-3H3. The van der Waals surface area contributed by atoms with E-state index >= 15 is 0 Å². The molecule has 0 aromatic heterocycles. The highest BCUT2D eigenvalue weighted by molar-refractivity contribution is 6.73. The van der Waals surface area contributed by atoms with Crippen molar-refractivity contribution in [1.29, 1.82) is 0 Å². The molecule has 0 bridgehead atoms. The van der Waals surface area contributed by atoms with Crippen LogP contribution in [0.2, 0.25) is 18.6 Å². The zero-order valence-electron chi connectivity index (χ0n) is 13.9. The first-order valence-electron chi connectivity index (χ1n) is 8.53. The molecule has 118 valence electrons. The average molecular weight is 307 g/mol. The molecule has 1 aromatic rings. The van der Waals surface area contributed by atoms with Gasteiger partial charge < -0.3 is 9.16 Å². The number of hydrogen-bond acceptors (Lipinski definition) is 2. The lowest BCUT2D eigenvalue weighted by Crippen LogP contribution is -2.40. The molecule has 0 radical (unpaired) electrons. The van der Waals surface area contributed by atoms with Crippen molar-refractivity contribution in [2.24, 2.45) is 0 Å². The van der Waals surface area contributed by atoms with Crippen molar-refractivity contribution in [3.05, 3.63) is 24.3 Å². The van der Waals surface area contributed by atoms with Crippen molar-refractivity contribution in [1.82, 2.24) is 0 Å². The van der Waals surface area contributed by atoms with Gasteiger partial charge in [0.25, 0.3) is 0 Å². The molecule has 2 rings (SSSR count). The minimum absolute atomic E-state index is 0.805. The summed E-state index contributed by atoms with van der Waals surface area (Å²) in [6.07, 6.45) is 9.17. The third kappa shape index (κ3) is 5.06. The van der Waals surface area contributed by atoms with Crippen molar-refractivity contribution in [2.45, 2.75) is 70.5 Å². The van der Waals surface area contributed by atoms with Crippen LogP contribution < -0.4 is 9.16 Å². The van der Waals surface area contributed by atoms with Crippen LogP contribution in [0.1, 0.15) is 51.9 Å². The fourth-order valence-electron chi connectivity index (χ4n) is 3.12. The molecule has 1 aliphatic carbocycles. The van der Waals surface area contributed by atoms with E-state index in [9.17, 15) is 0 Å². The molecule has 2 nitrogen and oxygen atoms in total. The maximum absolute atomic E-state index is 6.41. The monoisotopic (exact) mass is 306 g/mol. The molecule has 0 aliphatic heterocycles. The Kier molecular flexibility index (Phi) is 6.16. The quantitative estimate of drug-likeness (QED) is 0.469. The van der Waals surface area contributed by atoms with Gasteiger partial charge in [0.1, 0.15) is 11.5 Å². The molecule has 1 aliphatic rings. The summed E-state index contributed by atoms with van der Waals surface area (Å²) in [5.74, 6) is 1.97. The number of benzene rings is 1. The first-order chi connectivity index (χ1) is 10.1. The Morgan fingerprint density at radius 2 is 1.62 bits per heavy atom. The molecule has 21 heavy (non-hydrogen) atoms. The third-order valence-electron chi connectivity index (χ3n) is 4.56. The Balaban J connectivity index is 1.89. The van der Waals surface area contributed by atoms with Crippen LogP contribution in [-0.2, 0) is 0 Å². The Labute approximate surface area is 131 Å². The van der Waals surface area contributed by atoms with Gasteiger partial charge in [-0.25, -0.2) is 0 Å². The van der Waals surface area contributed by atoms with E-state index in [4.69, 9.17) is 9.16 Å². The second kappa shape index (κ2) is 7.88. The predicted octanol–water partition coefficient (Wildman–Crippen LogP) is 5.78. The van der Waals surface area contributed by atoms with E-state index in [1.807, 2.05) is 12.1 Å². The fourth-order valence-corrected chi connectivity index (χ4v) is 5.83. The molecular formula is C18H30O2Si. The lowest BCUT2D eigenvalue weighted by Gasteiger charge is -2.35. The minimum Gasteiger partial charge on any atom is -0.544 e. The van der Waals surface area contributed by atoms with Crippen molar-refractivity contribution in [2.75, 3.05) is 6.61 Å². The summed E-state index contributed by atoms with van der Waals surface area (Å²) < 4.78 is 12.1. The molecule has 3 heteroatoms. The van der Waals surface area contributed by atoms with E-state index in [1.165, 1.54) is 38.5 Å². The van der Waals surface area contributed by atoms with Crippen LogP contribution in [0.3, 0.4) is 0 Å². The van der Waals surface area contributed by atoms with Gasteiger partial charge in [-0.15, -0.1) is 0 Å². The molecule has 1 fully saturated rings. The van der Waals surface area contributed by atoms with Gasteiger partial charge in [-0.3, -0.25) is 0 Å². The zero-order chi connectivity index (χ0) is 15.1. The topological polar surface area (TPSA) is 18.5 Å². The molecule has 0 heterocycles. The van der Waals surface area contributed by atoms with Crippen molar-refractivity contribution in [3.63, 3.8) is 0 Å². The maximum atomic E-state index is 6.41.